The standard InChI is InChI=1S/C16H12ClN3O2/c1-22-14-9-11(8-13(17)20-14)16(21)19-12-6-2-4-10-5-3-7-18-15(10)12/h2-9H,1H3,(H,19,21). The quantitative estimate of drug-likeness (QED) is 0.751. The summed E-state index contributed by atoms with van der Waals surface area (Å²) in [4.78, 5) is 20.6. The number of ether oxygens (including phenoxy) is 1. The fourth-order valence-corrected chi connectivity index (χ4v) is 2.31. The number of hydrogen-bond acceptors (Lipinski definition) is 4. The van der Waals surface area contributed by atoms with Gasteiger partial charge in [-0.2, -0.15) is 0 Å². The predicted octanol–water partition coefficient (Wildman–Crippen LogP) is 3.54. The van der Waals surface area contributed by atoms with Crippen molar-refractivity contribution in [2.45, 2.75) is 0 Å². The Labute approximate surface area is 131 Å². The minimum Gasteiger partial charge on any atom is -0.481 e. The normalized spacial score (nSPS) is 10.5. The number of carbonyl (C=O) groups is 1. The highest BCUT2D eigenvalue weighted by molar-refractivity contribution is 6.30. The van der Waals surface area contributed by atoms with Crippen LogP contribution in [0.1, 0.15) is 10.4 Å². The Morgan fingerprint density at radius 1 is 1.23 bits per heavy atom. The predicted molar refractivity (Wildman–Crippen MR) is 85.5 cm³/mol. The van der Waals surface area contributed by atoms with Gasteiger partial charge in [0, 0.05) is 23.2 Å². The van der Waals surface area contributed by atoms with E-state index in [-0.39, 0.29) is 16.9 Å². The lowest BCUT2D eigenvalue weighted by Crippen LogP contribution is -2.13. The Morgan fingerprint density at radius 2 is 2.05 bits per heavy atom. The largest absolute Gasteiger partial charge is 0.481 e. The van der Waals surface area contributed by atoms with Crippen molar-refractivity contribution in [1.82, 2.24) is 9.97 Å². The van der Waals surface area contributed by atoms with Gasteiger partial charge in [0.1, 0.15) is 5.15 Å². The molecule has 0 fully saturated rings. The molecule has 22 heavy (non-hydrogen) atoms. The zero-order valence-corrected chi connectivity index (χ0v) is 12.5. The van der Waals surface area contributed by atoms with Gasteiger partial charge in [0.05, 0.1) is 18.3 Å². The number of methoxy groups -OCH3 is 1. The molecule has 0 saturated carbocycles. The van der Waals surface area contributed by atoms with E-state index in [4.69, 9.17) is 16.3 Å². The molecule has 0 atom stereocenters. The SMILES string of the molecule is COc1cc(C(=O)Nc2cccc3cccnc23)cc(Cl)n1. The lowest BCUT2D eigenvalue weighted by Gasteiger charge is -2.09. The second-order valence-electron chi connectivity index (χ2n) is 4.56. The number of aromatic nitrogens is 2. The van der Waals surface area contributed by atoms with Crippen LogP contribution in [0.25, 0.3) is 10.9 Å². The van der Waals surface area contributed by atoms with Gasteiger partial charge in [-0.25, -0.2) is 4.98 Å². The van der Waals surface area contributed by atoms with E-state index in [9.17, 15) is 4.79 Å². The topological polar surface area (TPSA) is 64.1 Å². The molecule has 0 bridgehead atoms. The highest BCUT2D eigenvalue weighted by Crippen LogP contribution is 2.22. The Bertz CT molecular complexity index is 846. The van der Waals surface area contributed by atoms with Crippen molar-refractivity contribution in [2.24, 2.45) is 0 Å². The van der Waals surface area contributed by atoms with Crippen LogP contribution in [0.4, 0.5) is 5.69 Å². The lowest BCUT2D eigenvalue weighted by atomic mass is 10.2. The summed E-state index contributed by atoms with van der Waals surface area (Å²) in [6.07, 6.45) is 1.68. The van der Waals surface area contributed by atoms with Gasteiger partial charge in [-0.1, -0.05) is 29.8 Å². The third-order valence-electron chi connectivity index (χ3n) is 3.12. The number of pyridine rings is 2. The van der Waals surface area contributed by atoms with Gasteiger partial charge in [0.2, 0.25) is 5.88 Å². The maximum absolute atomic E-state index is 12.4. The van der Waals surface area contributed by atoms with E-state index < -0.39 is 0 Å². The van der Waals surface area contributed by atoms with Crippen LogP contribution < -0.4 is 10.1 Å². The molecular weight excluding hydrogens is 302 g/mol. The van der Waals surface area contributed by atoms with E-state index in [1.54, 1.807) is 12.3 Å². The van der Waals surface area contributed by atoms with E-state index in [2.05, 4.69) is 15.3 Å². The van der Waals surface area contributed by atoms with Gasteiger partial charge >= 0.3 is 0 Å². The first-order chi connectivity index (χ1) is 10.7. The third kappa shape index (κ3) is 2.84. The Hall–Kier alpha value is -2.66. The molecule has 0 saturated heterocycles. The third-order valence-corrected chi connectivity index (χ3v) is 3.32. The maximum atomic E-state index is 12.4. The Morgan fingerprint density at radius 3 is 2.86 bits per heavy atom. The first-order valence-corrected chi connectivity index (χ1v) is 6.92. The number of para-hydroxylation sites is 1. The molecule has 5 nitrogen and oxygen atoms in total. The van der Waals surface area contributed by atoms with E-state index in [1.807, 2.05) is 24.3 Å². The number of rotatable bonds is 3. The minimum absolute atomic E-state index is 0.195. The number of fused-ring (bicyclic) bond motifs is 1. The summed E-state index contributed by atoms with van der Waals surface area (Å²) in [7, 11) is 1.47. The van der Waals surface area contributed by atoms with Crippen LogP contribution in [-0.2, 0) is 0 Å². The first-order valence-electron chi connectivity index (χ1n) is 6.54. The van der Waals surface area contributed by atoms with Crippen LogP contribution in [0.5, 0.6) is 5.88 Å². The number of benzene rings is 1. The number of hydrogen-bond donors (Lipinski definition) is 1. The van der Waals surface area contributed by atoms with Crippen molar-refractivity contribution in [2.75, 3.05) is 12.4 Å². The van der Waals surface area contributed by atoms with E-state index in [0.717, 1.165) is 10.9 Å². The fraction of sp³-hybridized carbons (Fsp3) is 0.0625. The van der Waals surface area contributed by atoms with Gasteiger partial charge in [-0.15, -0.1) is 0 Å². The van der Waals surface area contributed by atoms with Crippen molar-refractivity contribution in [3.8, 4) is 5.88 Å². The maximum Gasteiger partial charge on any atom is 0.256 e. The van der Waals surface area contributed by atoms with Crippen LogP contribution in [-0.4, -0.2) is 23.0 Å². The van der Waals surface area contributed by atoms with Crippen molar-refractivity contribution in [3.63, 3.8) is 0 Å². The molecule has 110 valence electrons. The fourth-order valence-electron chi connectivity index (χ4n) is 2.11. The number of carbonyl (C=O) groups excluding carboxylic acids is 1. The second-order valence-corrected chi connectivity index (χ2v) is 4.94. The molecule has 0 radical (unpaired) electrons. The Kier molecular flexibility index (Phi) is 3.89. The number of amides is 1. The van der Waals surface area contributed by atoms with Crippen molar-refractivity contribution < 1.29 is 9.53 Å². The lowest BCUT2D eigenvalue weighted by molar-refractivity contribution is 0.102. The number of anilines is 1. The van der Waals surface area contributed by atoms with Crippen LogP contribution in [0.2, 0.25) is 5.15 Å². The first kappa shape index (κ1) is 14.3. The zero-order chi connectivity index (χ0) is 15.5. The molecule has 0 aliphatic rings. The molecule has 0 aliphatic carbocycles. The monoisotopic (exact) mass is 313 g/mol. The summed E-state index contributed by atoms with van der Waals surface area (Å²) >= 11 is 5.89. The van der Waals surface area contributed by atoms with Crippen LogP contribution >= 0.6 is 11.6 Å². The van der Waals surface area contributed by atoms with Crippen molar-refractivity contribution in [3.05, 3.63) is 59.4 Å². The van der Waals surface area contributed by atoms with Gasteiger partial charge in [-0.05, 0) is 18.2 Å². The number of nitrogens with zero attached hydrogens (tertiary/aromatic N) is 2. The molecule has 6 heteroatoms. The van der Waals surface area contributed by atoms with Crippen LogP contribution in [0.15, 0.2) is 48.7 Å². The molecule has 0 aliphatic heterocycles. The number of nitrogens with one attached hydrogen (secondary N) is 1. The average Bonchev–Trinajstić information content (AvgIpc) is 2.54. The molecule has 3 rings (SSSR count). The smallest absolute Gasteiger partial charge is 0.256 e. The average molecular weight is 314 g/mol. The van der Waals surface area contributed by atoms with Gasteiger partial charge in [-0.3, -0.25) is 9.78 Å². The van der Waals surface area contributed by atoms with Crippen molar-refractivity contribution in [1.29, 1.82) is 0 Å². The summed E-state index contributed by atoms with van der Waals surface area (Å²) in [6, 6.07) is 12.4. The molecule has 0 spiro atoms. The molecule has 0 unspecified atom stereocenters. The molecule has 2 heterocycles. The van der Waals surface area contributed by atoms with E-state index in [0.29, 0.717) is 11.3 Å². The molecule has 2 aromatic heterocycles. The summed E-state index contributed by atoms with van der Waals surface area (Å²) in [6.45, 7) is 0. The summed E-state index contributed by atoms with van der Waals surface area (Å²) in [5.74, 6) is -0.0190. The molecule has 3 aromatic rings. The van der Waals surface area contributed by atoms with E-state index >= 15 is 0 Å². The summed E-state index contributed by atoms with van der Waals surface area (Å²) in [5, 5.41) is 3.98. The summed E-state index contributed by atoms with van der Waals surface area (Å²) in [5.41, 5.74) is 1.73. The van der Waals surface area contributed by atoms with Gasteiger partial charge in [0.15, 0.2) is 0 Å². The minimum atomic E-state index is -0.305. The molecule has 1 amide bonds. The highest BCUT2D eigenvalue weighted by Gasteiger charge is 2.12. The zero-order valence-electron chi connectivity index (χ0n) is 11.7. The van der Waals surface area contributed by atoms with Crippen molar-refractivity contribution >= 4 is 34.1 Å². The van der Waals surface area contributed by atoms with Crippen LogP contribution in [0.3, 0.4) is 0 Å². The van der Waals surface area contributed by atoms with Gasteiger partial charge < -0.3 is 10.1 Å². The molecule has 1 aromatic carbocycles. The van der Waals surface area contributed by atoms with Crippen LogP contribution in [0, 0.1) is 0 Å². The summed E-state index contributed by atoms with van der Waals surface area (Å²) < 4.78 is 5.02. The number of halogens is 1. The second kappa shape index (κ2) is 5.99. The van der Waals surface area contributed by atoms with E-state index in [1.165, 1.54) is 19.2 Å². The molecular formula is C16H12ClN3O2. The Balaban J connectivity index is 1.95. The highest BCUT2D eigenvalue weighted by atomic mass is 35.5. The van der Waals surface area contributed by atoms with Gasteiger partial charge in [0.25, 0.3) is 5.91 Å². The molecule has 1 N–H and O–H groups in total.